The van der Waals surface area contributed by atoms with Crippen molar-refractivity contribution in [3.8, 4) is 0 Å². The zero-order valence-corrected chi connectivity index (χ0v) is 17.8. The van der Waals surface area contributed by atoms with Crippen molar-refractivity contribution in [1.29, 1.82) is 0 Å². The Balaban J connectivity index is 1.71. The SMILES string of the molecule is CCNC(=NCC1(OC)CCOCC1)NCC1(c2cccc(C(F)(F)F)c2)CCC1. The van der Waals surface area contributed by atoms with E-state index in [0.717, 1.165) is 43.7 Å². The molecule has 5 nitrogen and oxygen atoms in total. The van der Waals surface area contributed by atoms with Gasteiger partial charge in [0, 0.05) is 51.7 Å². The standard InChI is InChI=1S/C22H32F3N3O2/c1-3-26-19(28-16-21(29-2)10-12-30-13-11-21)27-15-20(8-5-9-20)17-6-4-7-18(14-17)22(23,24)25/h4,6-7,14H,3,5,8-13,15-16H2,1-2H3,(H2,26,27,28). The summed E-state index contributed by atoms with van der Waals surface area (Å²) in [4.78, 5) is 4.73. The van der Waals surface area contributed by atoms with Gasteiger partial charge in [-0.3, -0.25) is 4.99 Å². The third-order valence-electron chi connectivity index (χ3n) is 6.41. The third kappa shape index (κ3) is 5.27. The summed E-state index contributed by atoms with van der Waals surface area (Å²) in [5.74, 6) is 0.665. The molecule has 1 aliphatic heterocycles. The number of ether oxygens (including phenoxy) is 2. The summed E-state index contributed by atoms with van der Waals surface area (Å²) in [7, 11) is 1.71. The second-order valence-electron chi connectivity index (χ2n) is 8.26. The summed E-state index contributed by atoms with van der Waals surface area (Å²) in [5.41, 5.74) is -0.469. The number of nitrogens with one attached hydrogen (secondary N) is 2. The van der Waals surface area contributed by atoms with Crippen molar-refractivity contribution >= 4 is 5.96 Å². The quantitative estimate of drug-likeness (QED) is 0.512. The summed E-state index contributed by atoms with van der Waals surface area (Å²) in [6.07, 6.45) is -0.0113. The maximum atomic E-state index is 13.2. The Labute approximate surface area is 176 Å². The number of aliphatic imine (C=N–C) groups is 1. The Hall–Kier alpha value is -1.80. The maximum Gasteiger partial charge on any atom is 0.416 e. The van der Waals surface area contributed by atoms with Crippen LogP contribution in [0.4, 0.5) is 13.2 Å². The van der Waals surface area contributed by atoms with Crippen molar-refractivity contribution in [2.75, 3.05) is 40.0 Å². The first kappa shape index (κ1) is 22.9. The number of alkyl halides is 3. The lowest BCUT2D eigenvalue weighted by molar-refractivity contribution is -0.137. The molecule has 1 saturated heterocycles. The van der Waals surface area contributed by atoms with Crippen molar-refractivity contribution < 1.29 is 22.6 Å². The fourth-order valence-electron chi connectivity index (χ4n) is 4.18. The molecule has 0 spiro atoms. The molecule has 2 N–H and O–H groups in total. The lowest BCUT2D eigenvalue weighted by Crippen LogP contribution is -2.49. The monoisotopic (exact) mass is 427 g/mol. The van der Waals surface area contributed by atoms with Gasteiger partial charge >= 0.3 is 6.18 Å². The number of nitrogens with zero attached hydrogens (tertiary/aromatic N) is 1. The van der Waals surface area contributed by atoms with Crippen molar-refractivity contribution in [1.82, 2.24) is 10.6 Å². The van der Waals surface area contributed by atoms with Crippen LogP contribution in [0.2, 0.25) is 0 Å². The fraction of sp³-hybridized carbons (Fsp3) is 0.682. The first-order valence-electron chi connectivity index (χ1n) is 10.7. The van der Waals surface area contributed by atoms with Crippen molar-refractivity contribution in [2.24, 2.45) is 4.99 Å². The molecule has 1 heterocycles. The van der Waals surface area contributed by atoms with Gasteiger partial charge in [-0.25, -0.2) is 0 Å². The van der Waals surface area contributed by atoms with Crippen LogP contribution < -0.4 is 10.6 Å². The molecule has 0 unspecified atom stereocenters. The van der Waals surface area contributed by atoms with Gasteiger partial charge in [-0.05, 0) is 31.4 Å². The van der Waals surface area contributed by atoms with E-state index in [1.807, 2.05) is 13.0 Å². The van der Waals surface area contributed by atoms with E-state index in [2.05, 4.69) is 10.6 Å². The highest BCUT2D eigenvalue weighted by Gasteiger charge is 2.40. The van der Waals surface area contributed by atoms with Gasteiger partial charge in [0.2, 0.25) is 0 Å². The molecule has 2 fully saturated rings. The minimum atomic E-state index is -4.33. The van der Waals surface area contributed by atoms with E-state index in [1.165, 1.54) is 12.1 Å². The van der Waals surface area contributed by atoms with Crippen LogP contribution in [0.3, 0.4) is 0 Å². The highest BCUT2D eigenvalue weighted by atomic mass is 19.4. The lowest BCUT2D eigenvalue weighted by atomic mass is 9.64. The average Bonchev–Trinajstić information content (AvgIpc) is 2.71. The van der Waals surface area contributed by atoms with Gasteiger partial charge in [0.05, 0.1) is 17.7 Å². The molecule has 0 bridgehead atoms. The second-order valence-corrected chi connectivity index (χ2v) is 8.26. The highest BCUT2D eigenvalue weighted by Crippen LogP contribution is 2.44. The van der Waals surface area contributed by atoms with Gasteiger partial charge < -0.3 is 20.1 Å². The van der Waals surface area contributed by atoms with Crippen LogP contribution in [0.1, 0.15) is 50.2 Å². The predicted octanol–water partition coefficient (Wildman–Crippen LogP) is 3.88. The van der Waals surface area contributed by atoms with Gasteiger partial charge in [0.1, 0.15) is 0 Å². The molecule has 2 aliphatic rings. The van der Waals surface area contributed by atoms with Crippen LogP contribution in [-0.2, 0) is 21.1 Å². The van der Waals surface area contributed by atoms with Crippen LogP contribution in [-0.4, -0.2) is 51.5 Å². The Morgan fingerprint density at radius 3 is 2.47 bits per heavy atom. The number of methoxy groups -OCH3 is 1. The predicted molar refractivity (Wildman–Crippen MR) is 111 cm³/mol. The molecule has 0 atom stereocenters. The number of halogens is 3. The van der Waals surface area contributed by atoms with Gasteiger partial charge in [-0.1, -0.05) is 24.6 Å². The van der Waals surface area contributed by atoms with E-state index in [9.17, 15) is 13.2 Å². The summed E-state index contributed by atoms with van der Waals surface area (Å²) >= 11 is 0. The second kappa shape index (κ2) is 9.56. The van der Waals surface area contributed by atoms with Gasteiger partial charge in [0.15, 0.2) is 5.96 Å². The normalized spacial score (nSPS) is 21.0. The topological polar surface area (TPSA) is 54.9 Å². The van der Waals surface area contributed by atoms with E-state index in [4.69, 9.17) is 14.5 Å². The molecule has 0 amide bonds. The Bertz CT molecular complexity index is 727. The first-order chi connectivity index (χ1) is 14.3. The molecule has 168 valence electrons. The summed E-state index contributed by atoms with van der Waals surface area (Å²) in [6, 6.07) is 5.74. The van der Waals surface area contributed by atoms with Crippen LogP contribution in [0, 0.1) is 0 Å². The summed E-state index contributed by atoms with van der Waals surface area (Å²) < 4.78 is 50.7. The van der Waals surface area contributed by atoms with Gasteiger partial charge in [0.25, 0.3) is 0 Å². The van der Waals surface area contributed by atoms with Crippen LogP contribution in [0.25, 0.3) is 0 Å². The molecule has 0 aromatic heterocycles. The molecule has 1 saturated carbocycles. The zero-order valence-electron chi connectivity index (χ0n) is 17.8. The molecule has 3 rings (SSSR count). The third-order valence-corrected chi connectivity index (χ3v) is 6.41. The van der Waals surface area contributed by atoms with Crippen molar-refractivity contribution in [3.05, 3.63) is 35.4 Å². The van der Waals surface area contributed by atoms with Crippen molar-refractivity contribution in [3.63, 3.8) is 0 Å². The van der Waals surface area contributed by atoms with Crippen LogP contribution in [0.5, 0.6) is 0 Å². The number of rotatable bonds is 7. The largest absolute Gasteiger partial charge is 0.416 e. The van der Waals surface area contributed by atoms with Crippen molar-refractivity contribution in [2.45, 2.75) is 56.2 Å². The molecule has 1 aliphatic carbocycles. The molecule has 30 heavy (non-hydrogen) atoms. The Morgan fingerprint density at radius 2 is 1.90 bits per heavy atom. The fourth-order valence-corrected chi connectivity index (χ4v) is 4.18. The summed E-state index contributed by atoms with van der Waals surface area (Å²) in [6.45, 7) is 5.06. The highest BCUT2D eigenvalue weighted by molar-refractivity contribution is 5.80. The maximum absolute atomic E-state index is 13.2. The number of hydrogen-bond acceptors (Lipinski definition) is 3. The molecule has 1 aromatic rings. The molecule has 8 heteroatoms. The molecule has 1 aromatic carbocycles. The van der Waals surface area contributed by atoms with Gasteiger partial charge in [-0.2, -0.15) is 13.2 Å². The Kier molecular flexibility index (Phi) is 7.29. The van der Waals surface area contributed by atoms with Crippen LogP contribution in [0.15, 0.2) is 29.3 Å². The molecular formula is C22H32F3N3O2. The van der Waals surface area contributed by atoms with E-state index < -0.39 is 11.7 Å². The molecule has 0 radical (unpaired) electrons. The number of hydrogen-bond donors (Lipinski definition) is 2. The molecular weight excluding hydrogens is 395 g/mol. The average molecular weight is 428 g/mol. The van der Waals surface area contributed by atoms with E-state index in [0.29, 0.717) is 38.8 Å². The summed E-state index contributed by atoms with van der Waals surface area (Å²) in [5, 5.41) is 6.62. The number of guanidine groups is 1. The lowest BCUT2D eigenvalue weighted by Gasteiger charge is -2.43. The minimum absolute atomic E-state index is 0.297. The first-order valence-corrected chi connectivity index (χ1v) is 10.7. The number of benzene rings is 1. The Morgan fingerprint density at radius 1 is 1.17 bits per heavy atom. The minimum Gasteiger partial charge on any atom is -0.381 e. The van der Waals surface area contributed by atoms with E-state index >= 15 is 0 Å². The van der Waals surface area contributed by atoms with Crippen LogP contribution >= 0.6 is 0 Å². The van der Waals surface area contributed by atoms with E-state index in [1.54, 1.807) is 7.11 Å². The van der Waals surface area contributed by atoms with Gasteiger partial charge in [-0.15, -0.1) is 0 Å². The van der Waals surface area contributed by atoms with E-state index in [-0.39, 0.29) is 11.0 Å². The smallest absolute Gasteiger partial charge is 0.381 e. The zero-order chi connectivity index (χ0) is 21.7.